The summed E-state index contributed by atoms with van der Waals surface area (Å²) in [5.41, 5.74) is 1.84. The van der Waals surface area contributed by atoms with Crippen LogP contribution in [0.5, 0.6) is 0 Å². The van der Waals surface area contributed by atoms with E-state index in [-0.39, 0.29) is 12.5 Å². The highest BCUT2D eigenvalue weighted by Gasteiger charge is 2.28. The van der Waals surface area contributed by atoms with Crippen LogP contribution in [0.3, 0.4) is 0 Å². The average Bonchev–Trinajstić information content (AvgIpc) is 2.38. The van der Waals surface area contributed by atoms with Crippen molar-refractivity contribution in [1.82, 2.24) is 10.2 Å². The number of aryl methyl sites for hydroxylation is 1. The number of hydrogen-bond acceptors (Lipinski definition) is 2. The van der Waals surface area contributed by atoms with Gasteiger partial charge in [0.2, 0.25) is 6.43 Å². The van der Waals surface area contributed by atoms with E-state index in [4.69, 9.17) is 11.6 Å². The van der Waals surface area contributed by atoms with Crippen molar-refractivity contribution in [3.8, 4) is 0 Å². The van der Waals surface area contributed by atoms with Gasteiger partial charge in [0.15, 0.2) is 0 Å². The second kappa shape index (κ2) is 6.64. The predicted octanol–water partition coefficient (Wildman–Crippen LogP) is 3.25. The van der Waals surface area contributed by atoms with Gasteiger partial charge in [-0.25, -0.2) is 8.78 Å². The van der Waals surface area contributed by atoms with Crippen molar-refractivity contribution in [3.63, 3.8) is 0 Å². The van der Waals surface area contributed by atoms with Gasteiger partial charge in [-0.1, -0.05) is 23.7 Å². The van der Waals surface area contributed by atoms with Crippen LogP contribution in [0.25, 0.3) is 0 Å². The zero-order chi connectivity index (χ0) is 13.8. The second-order valence-electron chi connectivity index (χ2n) is 4.90. The van der Waals surface area contributed by atoms with E-state index in [1.165, 1.54) is 0 Å². The number of halogens is 3. The Morgan fingerprint density at radius 2 is 2.00 bits per heavy atom. The van der Waals surface area contributed by atoms with Gasteiger partial charge in [-0.15, -0.1) is 0 Å². The summed E-state index contributed by atoms with van der Waals surface area (Å²) < 4.78 is 25.8. The minimum Gasteiger partial charge on any atom is -0.314 e. The molecular weight excluding hydrogens is 270 g/mol. The lowest BCUT2D eigenvalue weighted by molar-refractivity contribution is 0.0737. The second-order valence-corrected chi connectivity index (χ2v) is 5.31. The van der Waals surface area contributed by atoms with Crippen molar-refractivity contribution >= 4 is 11.6 Å². The fourth-order valence-electron chi connectivity index (χ4n) is 2.68. The average molecular weight is 289 g/mol. The summed E-state index contributed by atoms with van der Waals surface area (Å²) in [4.78, 5) is 2.11. The van der Waals surface area contributed by atoms with Crippen molar-refractivity contribution in [2.75, 3.05) is 26.2 Å². The summed E-state index contributed by atoms with van der Waals surface area (Å²) >= 11 is 6.24. The van der Waals surface area contributed by atoms with E-state index in [1.54, 1.807) is 6.07 Å². The normalized spacial score (nSPS) is 18.8. The van der Waals surface area contributed by atoms with Gasteiger partial charge < -0.3 is 5.32 Å². The molecule has 1 fully saturated rings. The number of piperazine rings is 1. The van der Waals surface area contributed by atoms with Gasteiger partial charge in [-0.05, 0) is 24.1 Å². The minimum absolute atomic E-state index is 0.162. The highest BCUT2D eigenvalue weighted by molar-refractivity contribution is 6.31. The summed E-state index contributed by atoms with van der Waals surface area (Å²) in [5.74, 6) is 0. The standard InChI is InChI=1S/C14H19ClF2N2/c1-10-3-2-4-11(15)14(10)12(9-13(16)17)19-7-5-18-6-8-19/h2-4,12-13,18H,5-9H2,1H3/t12-/m1/s1. The first-order chi connectivity index (χ1) is 9.09. The quantitative estimate of drug-likeness (QED) is 0.915. The van der Waals surface area contributed by atoms with Crippen molar-refractivity contribution in [2.45, 2.75) is 25.8 Å². The Morgan fingerprint density at radius 1 is 1.32 bits per heavy atom. The predicted molar refractivity (Wildman–Crippen MR) is 74.0 cm³/mol. The molecule has 1 aliphatic heterocycles. The molecule has 2 nitrogen and oxygen atoms in total. The molecule has 1 N–H and O–H groups in total. The summed E-state index contributed by atoms with van der Waals surface area (Å²) in [5, 5.41) is 3.83. The SMILES string of the molecule is Cc1cccc(Cl)c1[C@@H](CC(F)F)N1CCNCC1. The lowest BCUT2D eigenvalue weighted by Gasteiger charge is -2.36. The van der Waals surface area contributed by atoms with Gasteiger partial charge in [0.25, 0.3) is 0 Å². The lowest BCUT2D eigenvalue weighted by atomic mass is 9.96. The van der Waals surface area contributed by atoms with Crippen molar-refractivity contribution < 1.29 is 8.78 Å². The number of hydrogen-bond donors (Lipinski definition) is 1. The van der Waals surface area contributed by atoms with E-state index in [0.29, 0.717) is 5.02 Å². The molecule has 0 amide bonds. The Morgan fingerprint density at radius 3 is 2.58 bits per heavy atom. The van der Waals surface area contributed by atoms with Crippen LogP contribution in [-0.4, -0.2) is 37.5 Å². The summed E-state index contributed by atoms with van der Waals surface area (Å²) in [7, 11) is 0. The van der Waals surface area contributed by atoms with Crippen molar-refractivity contribution in [2.24, 2.45) is 0 Å². The van der Waals surface area contributed by atoms with Crippen LogP contribution in [0, 0.1) is 6.92 Å². The van der Waals surface area contributed by atoms with E-state index in [0.717, 1.165) is 37.3 Å². The first kappa shape index (κ1) is 14.7. The topological polar surface area (TPSA) is 15.3 Å². The molecule has 0 aliphatic carbocycles. The van der Waals surface area contributed by atoms with Crippen LogP contribution in [0.4, 0.5) is 8.78 Å². The highest BCUT2D eigenvalue weighted by Crippen LogP contribution is 2.34. The molecule has 1 aromatic rings. The molecule has 106 valence electrons. The molecule has 5 heteroatoms. The van der Waals surface area contributed by atoms with E-state index in [9.17, 15) is 8.78 Å². The molecule has 1 heterocycles. The summed E-state index contributed by atoms with van der Waals surface area (Å²) in [6.45, 7) is 5.17. The van der Waals surface area contributed by atoms with E-state index in [1.807, 2.05) is 19.1 Å². The maximum Gasteiger partial charge on any atom is 0.240 e. The molecule has 0 saturated carbocycles. The molecule has 0 radical (unpaired) electrons. The van der Waals surface area contributed by atoms with Crippen molar-refractivity contribution in [1.29, 1.82) is 0 Å². The molecule has 19 heavy (non-hydrogen) atoms. The molecular formula is C14H19ClF2N2. The van der Waals surface area contributed by atoms with Crippen LogP contribution in [-0.2, 0) is 0 Å². The van der Waals surface area contributed by atoms with Gasteiger partial charge in [-0.2, -0.15) is 0 Å². The number of alkyl halides is 2. The molecule has 1 saturated heterocycles. The Bertz CT molecular complexity index is 400. The summed E-state index contributed by atoms with van der Waals surface area (Å²) in [6.07, 6.45) is -2.49. The van der Waals surface area contributed by atoms with Crippen LogP contribution >= 0.6 is 11.6 Å². The molecule has 2 rings (SSSR count). The third kappa shape index (κ3) is 3.65. The molecule has 0 spiro atoms. The Balaban J connectivity index is 2.30. The monoisotopic (exact) mass is 288 g/mol. The maximum absolute atomic E-state index is 12.9. The van der Waals surface area contributed by atoms with Gasteiger partial charge >= 0.3 is 0 Å². The van der Waals surface area contributed by atoms with Crippen LogP contribution < -0.4 is 5.32 Å². The van der Waals surface area contributed by atoms with Gasteiger partial charge in [0.05, 0.1) is 0 Å². The zero-order valence-corrected chi connectivity index (χ0v) is 11.8. The van der Waals surface area contributed by atoms with Crippen molar-refractivity contribution in [3.05, 3.63) is 34.3 Å². The number of rotatable bonds is 4. The van der Waals surface area contributed by atoms with Gasteiger partial charge in [0.1, 0.15) is 0 Å². The zero-order valence-electron chi connectivity index (χ0n) is 11.0. The lowest BCUT2D eigenvalue weighted by Crippen LogP contribution is -2.45. The third-order valence-corrected chi connectivity index (χ3v) is 3.93. The smallest absolute Gasteiger partial charge is 0.240 e. The third-order valence-electron chi connectivity index (χ3n) is 3.60. The first-order valence-electron chi connectivity index (χ1n) is 6.57. The number of nitrogens with zero attached hydrogens (tertiary/aromatic N) is 1. The van der Waals surface area contributed by atoms with Crippen LogP contribution in [0.15, 0.2) is 18.2 Å². The Labute approximate surface area is 117 Å². The van der Waals surface area contributed by atoms with Crippen LogP contribution in [0.2, 0.25) is 5.02 Å². The molecule has 1 aliphatic rings. The van der Waals surface area contributed by atoms with Gasteiger partial charge in [0, 0.05) is 43.7 Å². The molecule has 0 bridgehead atoms. The molecule has 0 unspecified atom stereocenters. The minimum atomic E-state index is -2.32. The largest absolute Gasteiger partial charge is 0.314 e. The summed E-state index contributed by atoms with van der Waals surface area (Å²) in [6, 6.07) is 5.28. The fourth-order valence-corrected chi connectivity index (χ4v) is 3.03. The van der Waals surface area contributed by atoms with Crippen LogP contribution in [0.1, 0.15) is 23.6 Å². The first-order valence-corrected chi connectivity index (χ1v) is 6.95. The van der Waals surface area contributed by atoms with E-state index < -0.39 is 6.43 Å². The highest BCUT2D eigenvalue weighted by atomic mass is 35.5. The Kier molecular flexibility index (Phi) is 5.13. The fraction of sp³-hybridized carbons (Fsp3) is 0.571. The molecule has 0 aromatic heterocycles. The Hall–Kier alpha value is -0.710. The molecule has 1 aromatic carbocycles. The van der Waals surface area contributed by atoms with E-state index in [2.05, 4.69) is 10.2 Å². The van der Waals surface area contributed by atoms with E-state index >= 15 is 0 Å². The van der Waals surface area contributed by atoms with Gasteiger partial charge in [-0.3, -0.25) is 4.90 Å². The number of benzene rings is 1. The maximum atomic E-state index is 12.9. The molecule has 1 atom stereocenters. The number of nitrogens with one attached hydrogen (secondary N) is 1.